The zero-order valence-electron chi connectivity index (χ0n) is 13.3. The molecular formula is C16H17F3N4OS. The van der Waals surface area contributed by atoms with Crippen LogP contribution in [0.3, 0.4) is 0 Å². The molecule has 2 aliphatic rings. The number of aromatic nitrogens is 2. The predicted molar refractivity (Wildman–Crippen MR) is 87.8 cm³/mol. The molecule has 1 N–H and O–H groups in total. The molecule has 9 heteroatoms. The van der Waals surface area contributed by atoms with Gasteiger partial charge in [0.05, 0.1) is 6.04 Å². The second-order valence-electron chi connectivity index (χ2n) is 6.36. The molecule has 0 bridgehead atoms. The zero-order valence-corrected chi connectivity index (χ0v) is 14.1. The minimum absolute atomic E-state index is 0.0745. The van der Waals surface area contributed by atoms with Crippen molar-refractivity contribution in [3.05, 3.63) is 34.2 Å². The second-order valence-corrected chi connectivity index (χ2v) is 7.34. The maximum Gasteiger partial charge on any atom is 0.410 e. The van der Waals surface area contributed by atoms with Crippen LogP contribution in [0.25, 0.3) is 0 Å². The predicted octanol–water partition coefficient (Wildman–Crippen LogP) is 3.84. The van der Waals surface area contributed by atoms with Crippen molar-refractivity contribution in [2.75, 3.05) is 18.4 Å². The number of hydrogen-bond donors (Lipinski definition) is 1. The Bertz CT molecular complexity index is 765. The topological polar surface area (TPSA) is 50.2 Å². The Morgan fingerprint density at radius 2 is 2.08 bits per heavy atom. The lowest BCUT2D eigenvalue weighted by molar-refractivity contribution is -0.173. The van der Waals surface area contributed by atoms with Crippen molar-refractivity contribution in [1.82, 2.24) is 14.7 Å². The molecule has 25 heavy (non-hydrogen) atoms. The molecule has 5 nitrogen and oxygen atoms in total. The third-order valence-electron chi connectivity index (χ3n) is 4.69. The van der Waals surface area contributed by atoms with Crippen molar-refractivity contribution in [1.29, 1.82) is 0 Å². The van der Waals surface area contributed by atoms with Gasteiger partial charge in [-0.05, 0) is 24.3 Å². The quantitative estimate of drug-likeness (QED) is 0.874. The lowest BCUT2D eigenvalue weighted by atomic mass is 10.0. The van der Waals surface area contributed by atoms with Crippen molar-refractivity contribution in [3.8, 4) is 0 Å². The van der Waals surface area contributed by atoms with E-state index in [1.165, 1.54) is 17.4 Å². The third-order valence-corrected chi connectivity index (χ3v) is 5.67. The number of rotatable bonds is 2. The van der Waals surface area contributed by atoms with Gasteiger partial charge >= 0.3 is 6.18 Å². The Balaban J connectivity index is 1.68. The number of carbonyl (C=O) groups excluding carboxylic acids is 1. The first-order valence-electron chi connectivity index (χ1n) is 8.19. The van der Waals surface area contributed by atoms with Crippen LogP contribution in [-0.2, 0) is 0 Å². The Hall–Kier alpha value is -2.03. The SMILES string of the molecule is O=C(c1cc2n(n1)[C@H](C(F)(F)F)C[C@H](c1cccs1)N2)N1CCCC1. The van der Waals surface area contributed by atoms with E-state index in [1.54, 1.807) is 4.90 Å². The maximum atomic E-state index is 13.6. The number of alkyl halides is 3. The van der Waals surface area contributed by atoms with E-state index in [2.05, 4.69) is 10.4 Å². The van der Waals surface area contributed by atoms with Crippen molar-refractivity contribution in [3.63, 3.8) is 0 Å². The van der Waals surface area contributed by atoms with Crippen LogP contribution in [0, 0.1) is 0 Å². The molecule has 134 valence electrons. The smallest absolute Gasteiger partial charge is 0.363 e. The van der Waals surface area contributed by atoms with Gasteiger partial charge in [-0.15, -0.1) is 11.3 Å². The van der Waals surface area contributed by atoms with E-state index in [9.17, 15) is 18.0 Å². The second kappa shape index (κ2) is 6.05. The fourth-order valence-electron chi connectivity index (χ4n) is 3.44. The van der Waals surface area contributed by atoms with Gasteiger partial charge in [-0.25, -0.2) is 4.68 Å². The van der Waals surface area contributed by atoms with Crippen LogP contribution in [0.5, 0.6) is 0 Å². The van der Waals surface area contributed by atoms with E-state index in [4.69, 9.17) is 0 Å². The molecule has 0 radical (unpaired) electrons. The summed E-state index contributed by atoms with van der Waals surface area (Å²) in [4.78, 5) is 15.0. The number of halogens is 3. The van der Waals surface area contributed by atoms with Crippen LogP contribution in [-0.4, -0.2) is 39.9 Å². The van der Waals surface area contributed by atoms with Gasteiger partial charge in [0.25, 0.3) is 5.91 Å². The molecule has 2 aliphatic heterocycles. The standard InChI is InChI=1S/C16H17F3N4OS/c17-16(18,19)13-8-10(12-4-3-7-25-12)20-14-9-11(21-23(13)14)15(24)22-5-1-2-6-22/h3-4,7,9-10,13,20H,1-2,5-6,8H2/t10-,13+/m1/s1. The van der Waals surface area contributed by atoms with Gasteiger partial charge < -0.3 is 10.2 Å². The minimum atomic E-state index is -4.42. The number of nitrogens with one attached hydrogen (secondary N) is 1. The summed E-state index contributed by atoms with van der Waals surface area (Å²) in [6, 6.07) is 2.90. The van der Waals surface area contributed by atoms with Gasteiger partial charge in [0, 0.05) is 30.5 Å². The van der Waals surface area contributed by atoms with Gasteiger partial charge in [-0.2, -0.15) is 18.3 Å². The molecule has 1 fully saturated rings. The molecule has 0 aromatic carbocycles. The molecule has 4 rings (SSSR count). The van der Waals surface area contributed by atoms with Gasteiger partial charge in [0.1, 0.15) is 5.82 Å². The third kappa shape index (κ3) is 3.01. The van der Waals surface area contributed by atoms with Gasteiger partial charge in [-0.3, -0.25) is 4.79 Å². The summed E-state index contributed by atoms with van der Waals surface area (Å²) in [5.41, 5.74) is 0.0745. The largest absolute Gasteiger partial charge is 0.410 e. The molecule has 0 spiro atoms. The Kier molecular flexibility index (Phi) is 3.98. The fourth-order valence-corrected chi connectivity index (χ4v) is 4.23. The lowest BCUT2D eigenvalue weighted by Crippen LogP contribution is -2.35. The number of nitrogens with zero attached hydrogens (tertiary/aromatic N) is 3. The summed E-state index contributed by atoms with van der Waals surface area (Å²) in [6.45, 7) is 1.27. The highest BCUT2D eigenvalue weighted by Gasteiger charge is 2.47. The summed E-state index contributed by atoms with van der Waals surface area (Å²) in [5, 5.41) is 8.95. The van der Waals surface area contributed by atoms with Crippen LogP contribution in [0.15, 0.2) is 23.6 Å². The summed E-state index contributed by atoms with van der Waals surface area (Å²) in [6.07, 6.45) is -2.73. The van der Waals surface area contributed by atoms with E-state index >= 15 is 0 Å². The molecule has 0 saturated carbocycles. The molecule has 1 saturated heterocycles. The highest BCUT2D eigenvalue weighted by Crippen LogP contribution is 2.44. The average molecular weight is 370 g/mol. The zero-order chi connectivity index (χ0) is 17.6. The van der Waals surface area contributed by atoms with E-state index in [1.807, 2.05) is 17.5 Å². The van der Waals surface area contributed by atoms with Gasteiger partial charge in [-0.1, -0.05) is 6.07 Å². The molecular weight excluding hydrogens is 353 g/mol. The van der Waals surface area contributed by atoms with Crippen LogP contribution < -0.4 is 5.32 Å². The number of likely N-dealkylation sites (tertiary alicyclic amines) is 1. The molecule has 4 heterocycles. The summed E-state index contributed by atoms with van der Waals surface area (Å²) >= 11 is 1.42. The van der Waals surface area contributed by atoms with Crippen molar-refractivity contribution >= 4 is 23.1 Å². The number of carbonyl (C=O) groups is 1. The Morgan fingerprint density at radius 3 is 2.72 bits per heavy atom. The normalized spacial score (nSPS) is 23.4. The molecule has 0 aliphatic carbocycles. The first-order chi connectivity index (χ1) is 11.9. The van der Waals surface area contributed by atoms with Gasteiger partial charge in [0.2, 0.25) is 0 Å². The average Bonchev–Trinajstić information content (AvgIpc) is 3.32. The van der Waals surface area contributed by atoms with E-state index in [0.717, 1.165) is 22.4 Å². The minimum Gasteiger partial charge on any atom is -0.363 e. The van der Waals surface area contributed by atoms with E-state index in [0.29, 0.717) is 13.1 Å². The maximum absolute atomic E-state index is 13.6. The van der Waals surface area contributed by atoms with E-state index < -0.39 is 18.3 Å². The van der Waals surface area contributed by atoms with Crippen molar-refractivity contribution in [2.45, 2.75) is 37.5 Å². The number of hydrogen-bond acceptors (Lipinski definition) is 4. The fraction of sp³-hybridized carbons (Fsp3) is 0.500. The molecule has 2 aromatic heterocycles. The molecule has 1 amide bonds. The highest BCUT2D eigenvalue weighted by atomic mass is 32.1. The number of anilines is 1. The lowest BCUT2D eigenvalue weighted by Gasteiger charge is -2.32. The monoisotopic (exact) mass is 370 g/mol. The van der Waals surface area contributed by atoms with Crippen LogP contribution in [0.1, 0.15) is 46.7 Å². The first kappa shape index (κ1) is 16.4. The van der Waals surface area contributed by atoms with E-state index in [-0.39, 0.29) is 23.8 Å². The van der Waals surface area contributed by atoms with Crippen LogP contribution >= 0.6 is 11.3 Å². The highest BCUT2D eigenvalue weighted by molar-refractivity contribution is 7.10. The number of thiophene rings is 1. The number of fused-ring (bicyclic) bond motifs is 1. The molecule has 0 unspecified atom stereocenters. The Morgan fingerprint density at radius 1 is 1.32 bits per heavy atom. The summed E-state index contributed by atoms with van der Waals surface area (Å²) in [5.74, 6) is -0.0516. The Labute approximate surface area is 146 Å². The van der Waals surface area contributed by atoms with Crippen LogP contribution in [0.4, 0.5) is 19.0 Å². The number of amides is 1. The van der Waals surface area contributed by atoms with Crippen LogP contribution in [0.2, 0.25) is 0 Å². The van der Waals surface area contributed by atoms with Gasteiger partial charge in [0.15, 0.2) is 11.7 Å². The molecule has 2 aromatic rings. The molecule has 2 atom stereocenters. The van der Waals surface area contributed by atoms with Crippen molar-refractivity contribution in [2.24, 2.45) is 0 Å². The summed E-state index contributed by atoms with van der Waals surface area (Å²) in [7, 11) is 0. The first-order valence-corrected chi connectivity index (χ1v) is 9.07. The summed E-state index contributed by atoms with van der Waals surface area (Å²) < 4.78 is 41.6. The van der Waals surface area contributed by atoms with Crippen molar-refractivity contribution < 1.29 is 18.0 Å².